The molecule has 0 unspecified atom stereocenters. The normalized spacial score (nSPS) is 21.5. The van der Waals surface area contributed by atoms with Crippen LogP contribution in [0.1, 0.15) is 38.7 Å². The third-order valence-corrected chi connectivity index (χ3v) is 3.43. The number of ether oxygens (including phenoxy) is 1. The molecule has 0 spiro atoms. The Kier molecular flexibility index (Phi) is 4.36. The summed E-state index contributed by atoms with van der Waals surface area (Å²) in [5.41, 5.74) is -0.219. The average molecular weight is 308 g/mol. The molecule has 4 nitrogen and oxygen atoms in total. The maximum atomic E-state index is 13.3. The van der Waals surface area contributed by atoms with Crippen LogP contribution in [0.25, 0.3) is 0 Å². The first-order valence-corrected chi connectivity index (χ1v) is 7.05. The zero-order chi connectivity index (χ0) is 16.5. The van der Waals surface area contributed by atoms with Gasteiger partial charge in [0.05, 0.1) is 6.07 Å². The molecule has 0 radical (unpaired) electrons. The third kappa shape index (κ3) is 3.73. The number of halogens is 2. The highest BCUT2D eigenvalue weighted by Crippen LogP contribution is 2.33. The van der Waals surface area contributed by atoms with Crippen LogP contribution in [0.2, 0.25) is 0 Å². The van der Waals surface area contributed by atoms with Crippen molar-refractivity contribution in [2.24, 2.45) is 0 Å². The van der Waals surface area contributed by atoms with Crippen LogP contribution in [-0.4, -0.2) is 29.2 Å². The summed E-state index contributed by atoms with van der Waals surface area (Å²) >= 11 is 0. The van der Waals surface area contributed by atoms with E-state index in [1.807, 2.05) is 6.07 Å². The van der Waals surface area contributed by atoms with Gasteiger partial charge in [0.2, 0.25) is 0 Å². The predicted octanol–water partition coefficient (Wildman–Crippen LogP) is 3.58. The van der Waals surface area contributed by atoms with Crippen LogP contribution in [0.5, 0.6) is 0 Å². The van der Waals surface area contributed by atoms with Gasteiger partial charge < -0.3 is 4.74 Å². The highest BCUT2D eigenvalue weighted by Gasteiger charge is 2.38. The molecule has 0 bridgehead atoms. The largest absolute Gasteiger partial charge is 0.444 e. The molecule has 1 aromatic carbocycles. The summed E-state index contributed by atoms with van der Waals surface area (Å²) in [6.45, 7) is 5.42. The van der Waals surface area contributed by atoms with Crippen LogP contribution < -0.4 is 0 Å². The third-order valence-electron chi connectivity index (χ3n) is 3.43. The van der Waals surface area contributed by atoms with Gasteiger partial charge in [0, 0.05) is 18.5 Å². The molecule has 1 aliphatic rings. The number of nitriles is 1. The number of carbonyl (C=O) groups is 1. The van der Waals surface area contributed by atoms with E-state index >= 15 is 0 Å². The fourth-order valence-corrected chi connectivity index (χ4v) is 2.53. The number of nitrogens with zero attached hydrogens (tertiary/aromatic N) is 2. The Morgan fingerprint density at radius 3 is 2.41 bits per heavy atom. The number of hydrogen-bond acceptors (Lipinski definition) is 3. The summed E-state index contributed by atoms with van der Waals surface area (Å²) in [7, 11) is 0. The summed E-state index contributed by atoms with van der Waals surface area (Å²) in [5, 5.41) is 9.21. The van der Waals surface area contributed by atoms with E-state index in [0.29, 0.717) is 12.0 Å². The van der Waals surface area contributed by atoms with Crippen LogP contribution in [-0.2, 0) is 4.74 Å². The fourth-order valence-electron chi connectivity index (χ4n) is 2.53. The Morgan fingerprint density at radius 2 is 1.91 bits per heavy atom. The molecular formula is C16H18F2N2O2. The quantitative estimate of drug-likeness (QED) is 0.797. The molecule has 1 fully saturated rings. The van der Waals surface area contributed by atoms with Gasteiger partial charge in [-0.2, -0.15) is 5.26 Å². The van der Waals surface area contributed by atoms with E-state index in [1.165, 1.54) is 17.0 Å². The summed E-state index contributed by atoms with van der Waals surface area (Å²) in [6, 6.07) is 4.66. The van der Waals surface area contributed by atoms with Crippen LogP contribution >= 0.6 is 0 Å². The minimum Gasteiger partial charge on any atom is -0.444 e. The number of likely N-dealkylation sites (tertiary alicyclic amines) is 1. The molecule has 1 aliphatic heterocycles. The van der Waals surface area contributed by atoms with Gasteiger partial charge in [-0.3, -0.25) is 4.90 Å². The van der Waals surface area contributed by atoms with Crippen molar-refractivity contribution in [2.75, 3.05) is 6.54 Å². The van der Waals surface area contributed by atoms with Crippen LogP contribution in [0.3, 0.4) is 0 Å². The lowest BCUT2D eigenvalue weighted by Crippen LogP contribution is -2.39. The molecule has 0 N–H and O–H groups in total. The van der Waals surface area contributed by atoms with Crippen molar-refractivity contribution in [3.05, 3.63) is 35.4 Å². The van der Waals surface area contributed by atoms with E-state index in [0.717, 1.165) is 6.07 Å². The Morgan fingerprint density at radius 1 is 1.32 bits per heavy atom. The molecule has 0 aliphatic carbocycles. The molecule has 0 saturated carbocycles. The molecule has 2 rings (SSSR count). The second kappa shape index (κ2) is 5.91. The van der Waals surface area contributed by atoms with Crippen molar-refractivity contribution in [1.29, 1.82) is 5.26 Å². The Labute approximate surface area is 128 Å². The lowest BCUT2D eigenvalue weighted by atomic mass is 9.96. The van der Waals surface area contributed by atoms with Crippen molar-refractivity contribution in [1.82, 2.24) is 4.90 Å². The molecule has 118 valence electrons. The molecule has 1 aromatic rings. The molecule has 2 atom stereocenters. The number of carbonyl (C=O) groups excluding carboxylic acids is 1. The highest BCUT2D eigenvalue weighted by atomic mass is 19.1. The smallest absolute Gasteiger partial charge is 0.411 e. The topological polar surface area (TPSA) is 53.3 Å². The van der Waals surface area contributed by atoms with E-state index in [-0.39, 0.29) is 12.5 Å². The molecular weight excluding hydrogens is 290 g/mol. The lowest BCUT2D eigenvalue weighted by Gasteiger charge is -2.26. The maximum absolute atomic E-state index is 13.3. The van der Waals surface area contributed by atoms with Gasteiger partial charge in [-0.25, -0.2) is 13.6 Å². The van der Waals surface area contributed by atoms with Gasteiger partial charge in [-0.05, 0) is 44.9 Å². The number of amides is 1. The predicted molar refractivity (Wildman–Crippen MR) is 76.1 cm³/mol. The Balaban J connectivity index is 2.19. The number of hydrogen-bond donors (Lipinski definition) is 0. The van der Waals surface area contributed by atoms with Crippen LogP contribution in [0.4, 0.5) is 13.6 Å². The van der Waals surface area contributed by atoms with E-state index in [9.17, 15) is 18.8 Å². The summed E-state index contributed by atoms with van der Waals surface area (Å²) in [6.07, 6.45) is -0.253. The highest BCUT2D eigenvalue weighted by molar-refractivity contribution is 5.69. The second-order valence-electron chi connectivity index (χ2n) is 6.41. The van der Waals surface area contributed by atoms with Crippen molar-refractivity contribution >= 4 is 6.09 Å². The van der Waals surface area contributed by atoms with E-state index in [1.54, 1.807) is 20.8 Å². The van der Waals surface area contributed by atoms with Crippen molar-refractivity contribution in [3.8, 4) is 6.07 Å². The minimum atomic E-state index is -0.667. The lowest BCUT2D eigenvalue weighted by molar-refractivity contribution is 0.0257. The standard InChI is InChI=1S/C16H18F2N2O2/c1-16(2,3)22-15(21)20-9-11(6-14(20)8-19)10-4-12(17)7-13(18)5-10/h4-5,7,11,14H,6,9H2,1-3H3/t11-,14+/m1/s1. The van der Waals surface area contributed by atoms with E-state index in [2.05, 4.69) is 0 Å². The zero-order valence-corrected chi connectivity index (χ0v) is 12.8. The first-order valence-electron chi connectivity index (χ1n) is 7.05. The summed E-state index contributed by atoms with van der Waals surface area (Å²) < 4.78 is 31.9. The average Bonchev–Trinajstić information content (AvgIpc) is 2.79. The van der Waals surface area contributed by atoms with Crippen LogP contribution in [0, 0.1) is 23.0 Å². The van der Waals surface area contributed by atoms with Gasteiger partial charge in [-0.1, -0.05) is 0 Å². The Bertz CT molecular complexity index is 599. The molecule has 1 saturated heterocycles. The van der Waals surface area contributed by atoms with Gasteiger partial charge in [0.25, 0.3) is 0 Å². The summed E-state index contributed by atoms with van der Waals surface area (Å²) in [5.74, 6) is -1.62. The molecule has 0 aromatic heterocycles. The fraction of sp³-hybridized carbons (Fsp3) is 0.500. The van der Waals surface area contributed by atoms with Gasteiger partial charge >= 0.3 is 6.09 Å². The first-order chi connectivity index (χ1) is 10.2. The molecule has 1 heterocycles. The zero-order valence-electron chi connectivity index (χ0n) is 12.8. The van der Waals surface area contributed by atoms with Gasteiger partial charge in [0.1, 0.15) is 23.3 Å². The molecule has 1 amide bonds. The Hall–Kier alpha value is -2.16. The van der Waals surface area contributed by atoms with E-state index < -0.39 is 29.4 Å². The molecule has 22 heavy (non-hydrogen) atoms. The van der Waals surface area contributed by atoms with Gasteiger partial charge in [-0.15, -0.1) is 0 Å². The SMILES string of the molecule is CC(C)(C)OC(=O)N1C[C@H](c2cc(F)cc(F)c2)C[C@H]1C#N. The van der Waals surface area contributed by atoms with Crippen LogP contribution in [0.15, 0.2) is 18.2 Å². The van der Waals surface area contributed by atoms with Crippen molar-refractivity contribution in [3.63, 3.8) is 0 Å². The monoisotopic (exact) mass is 308 g/mol. The molecule has 6 heteroatoms. The van der Waals surface area contributed by atoms with Gasteiger partial charge in [0.15, 0.2) is 0 Å². The number of benzene rings is 1. The number of rotatable bonds is 1. The van der Waals surface area contributed by atoms with E-state index in [4.69, 9.17) is 4.74 Å². The second-order valence-corrected chi connectivity index (χ2v) is 6.41. The summed E-state index contributed by atoms with van der Waals surface area (Å²) in [4.78, 5) is 13.5. The maximum Gasteiger partial charge on any atom is 0.411 e. The first kappa shape index (κ1) is 16.2. The van der Waals surface area contributed by atoms with Crippen molar-refractivity contribution < 1.29 is 18.3 Å². The van der Waals surface area contributed by atoms with Crippen molar-refractivity contribution in [2.45, 2.75) is 44.8 Å². The minimum absolute atomic E-state index is 0.204.